The number of hydrogen-bond acceptors (Lipinski definition) is 7. The molecule has 0 unspecified atom stereocenters. The van der Waals surface area contributed by atoms with E-state index in [1.165, 1.54) is 11.8 Å². The molecule has 1 aromatic carbocycles. The molecule has 20 heavy (non-hydrogen) atoms. The number of nitrogens with zero attached hydrogens (tertiary/aromatic N) is 4. The largest absolute Gasteiger partial charge is 0.403 e. The molecule has 0 atom stereocenters. The first-order valence-corrected chi connectivity index (χ1v) is 6.21. The topological polar surface area (TPSA) is 92.5 Å². The molecule has 0 saturated carbocycles. The number of aryl methyl sites for hydroxylation is 1. The summed E-state index contributed by atoms with van der Waals surface area (Å²) in [5.74, 6) is 0.877. The summed E-state index contributed by atoms with van der Waals surface area (Å²) in [5, 5.41) is 17.2. The van der Waals surface area contributed by atoms with Crippen LogP contribution in [0, 0.1) is 11.7 Å². The van der Waals surface area contributed by atoms with Gasteiger partial charge >= 0.3 is 6.01 Å². The predicted octanol–water partition coefficient (Wildman–Crippen LogP) is 2.64. The van der Waals surface area contributed by atoms with E-state index < -0.39 is 0 Å². The number of hydrogen-bond donors (Lipinski definition) is 2. The van der Waals surface area contributed by atoms with Gasteiger partial charge in [-0.2, -0.15) is 5.10 Å². The van der Waals surface area contributed by atoms with Gasteiger partial charge in [-0.3, -0.25) is 5.32 Å². The zero-order valence-electron chi connectivity index (χ0n) is 10.5. The van der Waals surface area contributed by atoms with Crippen molar-refractivity contribution in [2.75, 3.05) is 5.32 Å². The smallest absolute Gasteiger partial charge is 0.321 e. The summed E-state index contributed by atoms with van der Waals surface area (Å²) >= 11 is 4.81. The second-order valence-corrected chi connectivity index (χ2v) is 4.46. The number of aromatic amines is 1. The average Bonchev–Trinajstić information content (AvgIpc) is 2.91. The van der Waals surface area contributed by atoms with Crippen LogP contribution in [0.3, 0.4) is 0 Å². The summed E-state index contributed by atoms with van der Waals surface area (Å²) in [6, 6.07) is 8.05. The molecule has 3 aromatic rings. The maximum atomic E-state index is 5.50. The van der Waals surface area contributed by atoms with E-state index in [4.69, 9.17) is 16.6 Å². The van der Waals surface area contributed by atoms with Crippen LogP contribution in [-0.4, -0.2) is 25.4 Å². The first-order valence-electron chi connectivity index (χ1n) is 5.80. The van der Waals surface area contributed by atoms with Gasteiger partial charge in [-0.05, 0) is 31.3 Å². The van der Waals surface area contributed by atoms with Gasteiger partial charge in [-0.15, -0.1) is 5.10 Å². The maximum absolute atomic E-state index is 5.50. The quantitative estimate of drug-likeness (QED) is 0.715. The van der Waals surface area contributed by atoms with Gasteiger partial charge in [0.15, 0.2) is 5.82 Å². The molecule has 0 amide bonds. The third kappa shape index (κ3) is 2.69. The van der Waals surface area contributed by atoms with Crippen LogP contribution in [0.1, 0.15) is 5.56 Å². The fourth-order valence-corrected chi connectivity index (χ4v) is 1.64. The summed E-state index contributed by atoms with van der Waals surface area (Å²) in [4.78, 5) is 3.89. The molecule has 2 heterocycles. The lowest BCUT2D eigenvalue weighted by atomic mass is 10.1. The van der Waals surface area contributed by atoms with Crippen LogP contribution in [0.5, 0.6) is 0 Å². The fourth-order valence-electron chi connectivity index (χ4n) is 1.54. The van der Waals surface area contributed by atoms with E-state index in [2.05, 4.69) is 30.7 Å². The predicted molar refractivity (Wildman–Crippen MR) is 75.0 cm³/mol. The van der Waals surface area contributed by atoms with Crippen molar-refractivity contribution in [1.82, 2.24) is 25.4 Å². The highest BCUT2D eigenvalue weighted by atomic mass is 32.1. The molecule has 2 N–H and O–H groups in total. The first-order chi connectivity index (χ1) is 9.70. The Morgan fingerprint density at radius 2 is 2.00 bits per heavy atom. The Morgan fingerprint density at radius 1 is 1.20 bits per heavy atom. The van der Waals surface area contributed by atoms with Crippen LogP contribution in [-0.2, 0) is 0 Å². The normalized spacial score (nSPS) is 10.4. The van der Waals surface area contributed by atoms with Crippen molar-refractivity contribution >= 4 is 24.1 Å². The summed E-state index contributed by atoms with van der Waals surface area (Å²) in [7, 11) is 0. The maximum Gasteiger partial charge on any atom is 0.321 e. The molecule has 8 heteroatoms. The van der Waals surface area contributed by atoms with Crippen LogP contribution in [0.15, 0.2) is 34.9 Å². The van der Waals surface area contributed by atoms with Crippen molar-refractivity contribution in [1.29, 1.82) is 0 Å². The molecule has 0 radical (unpaired) electrons. The van der Waals surface area contributed by atoms with E-state index in [0.717, 1.165) is 5.56 Å². The number of benzene rings is 1. The van der Waals surface area contributed by atoms with Crippen molar-refractivity contribution < 1.29 is 4.42 Å². The Kier molecular flexibility index (Phi) is 3.21. The van der Waals surface area contributed by atoms with Crippen molar-refractivity contribution in [2.24, 2.45) is 0 Å². The molecule has 2 aromatic heterocycles. The molecule has 0 fully saturated rings. The lowest BCUT2D eigenvalue weighted by Crippen LogP contribution is -1.96. The van der Waals surface area contributed by atoms with Gasteiger partial charge in [0.1, 0.15) is 0 Å². The van der Waals surface area contributed by atoms with Gasteiger partial charge in [0, 0.05) is 5.56 Å². The van der Waals surface area contributed by atoms with Crippen molar-refractivity contribution in [3.05, 3.63) is 40.8 Å². The Morgan fingerprint density at radius 3 is 2.70 bits per heavy atom. The summed E-state index contributed by atoms with van der Waals surface area (Å²) in [6.45, 7) is 2.02. The van der Waals surface area contributed by atoms with Crippen LogP contribution < -0.4 is 5.32 Å². The highest BCUT2D eigenvalue weighted by molar-refractivity contribution is 7.71. The summed E-state index contributed by atoms with van der Waals surface area (Å²) < 4.78 is 5.81. The van der Waals surface area contributed by atoms with Crippen LogP contribution in [0.25, 0.3) is 11.5 Å². The molecule has 0 bridgehead atoms. The highest BCUT2D eigenvalue weighted by Gasteiger charge is 2.08. The number of H-pyrrole nitrogens is 1. The average molecular weight is 286 g/mol. The first kappa shape index (κ1) is 12.4. The zero-order chi connectivity index (χ0) is 13.9. The number of rotatable bonds is 3. The molecule has 0 aliphatic heterocycles. The van der Waals surface area contributed by atoms with Crippen molar-refractivity contribution in [2.45, 2.75) is 6.92 Å². The third-order valence-electron chi connectivity index (χ3n) is 2.53. The lowest BCUT2D eigenvalue weighted by Gasteiger charge is -1.98. The minimum absolute atomic E-state index is 0.236. The Labute approximate surface area is 119 Å². The van der Waals surface area contributed by atoms with E-state index in [1.807, 2.05) is 31.2 Å². The number of aromatic nitrogens is 5. The van der Waals surface area contributed by atoms with Gasteiger partial charge in [-0.25, -0.2) is 10.1 Å². The highest BCUT2D eigenvalue weighted by Crippen LogP contribution is 2.21. The lowest BCUT2D eigenvalue weighted by molar-refractivity contribution is 0.586. The standard InChI is InChI=1S/C12H10N6OS/c1-7-2-4-8(5-3-7)10-16-17-11(19-10)14-9-6-13-12(20)18-15-9/h2-6H,1H3,(H,13,18,20)(H,14,15,17). The molecule has 0 saturated heterocycles. The SMILES string of the molecule is Cc1ccc(-c2nnc(Nc3cnc(=S)[nH]n3)o2)cc1. The van der Waals surface area contributed by atoms with Crippen molar-refractivity contribution in [3.8, 4) is 11.5 Å². The molecular formula is C12H10N6OS. The Balaban J connectivity index is 1.81. The van der Waals surface area contributed by atoms with E-state index in [0.29, 0.717) is 16.5 Å². The summed E-state index contributed by atoms with van der Waals surface area (Å²) in [5.41, 5.74) is 2.02. The zero-order valence-corrected chi connectivity index (χ0v) is 11.3. The van der Waals surface area contributed by atoms with Crippen LogP contribution in [0.2, 0.25) is 0 Å². The Hall–Kier alpha value is -2.61. The molecule has 0 aliphatic rings. The van der Waals surface area contributed by atoms with Crippen LogP contribution >= 0.6 is 12.2 Å². The molecule has 0 spiro atoms. The molecule has 7 nitrogen and oxygen atoms in total. The van der Waals surface area contributed by atoms with Gasteiger partial charge in [0.2, 0.25) is 10.7 Å². The minimum atomic E-state index is 0.236. The van der Waals surface area contributed by atoms with Gasteiger partial charge < -0.3 is 4.42 Å². The van der Waals surface area contributed by atoms with Crippen molar-refractivity contribution in [3.63, 3.8) is 0 Å². The van der Waals surface area contributed by atoms with E-state index >= 15 is 0 Å². The van der Waals surface area contributed by atoms with Gasteiger partial charge in [0.25, 0.3) is 0 Å². The van der Waals surface area contributed by atoms with Gasteiger partial charge in [0.05, 0.1) is 6.20 Å². The van der Waals surface area contributed by atoms with E-state index in [1.54, 1.807) is 0 Å². The second kappa shape index (κ2) is 5.17. The minimum Gasteiger partial charge on any atom is -0.403 e. The van der Waals surface area contributed by atoms with Crippen LogP contribution in [0.4, 0.5) is 11.8 Å². The third-order valence-corrected chi connectivity index (χ3v) is 2.73. The molecular weight excluding hydrogens is 276 g/mol. The molecule has 3 rings (SSSR count). The molecule has 0 aliphatic carbocycles. The number of nitrogens with one attached hydrogen (secondary N) is 2. The molecule has 100 valence electrons. The van der Waals surface area contributed by atoms with E-state index in [9.17, 15) is 0 Å². The fraction of sp³-hybridized carbons (Fsp3) is 0.0833. The van der Waals surface area contributed by atoms with E-state index in [-0.39, 0.29) is 6.01 Å². The monoisotopic (exact) mass is 286 g/mol. The summed E-state index contributed by atoms with van der Waals surface area (Å²) in [6.07, 6.45) is 1.48. The van der Waals surface area contributed by atoms with Gasteiger partial charge in [-0.1, -0.05) is 22.8 Å². The number of anilines is 2. The second-order valence-electron chi connectivity index (χ2n) is 4.08. The Bertz CT molecular complexity index is 759.